The van der Waals surface area contributed by atoms with Gasteiger partial charge in [-0.25, -0.2) is 4.79 Å². The fourth-order valence-electron chi connectivity index (χ4n) is 3.83. The molecule has 0 spiro atoms. The highest BCUT2D eigenvalue weighted by molar-refractivity contribution is 6.08. The minimum absolute atomic E-state index is 0.346. The molecule has 3 amide bonds. The van der Waals surface area contributed by atoms with Gasteiger partial charge >= 0.3 is 5.97 Å². The molecule has 1 heterocycles. The number of carbonyl (C=O) groups excluding carboxylic acids is 4. The van der Waals surface area contributed by atoms with Gasteiger partial charge in [0.05, 0.1) is 11.8 Å². The van der Waals surface area contributed by atoms with E-state index >= 15 is 0 Å². The zero-order valence-corrected chi connectivity index (χ0v) is 17.1. The number of anilines is 1. The van der Waals surface area contributed by atoms with Gasteiger partial charge in [-0.3, -0.25) is 19.3 Å². The number of aryl methyl sites for hydroxylation is 2. The van der Waals surface area contributed by atoms with Crippen LogP contribution in [0.1, 0.15) is 37.8 Å². The molecule has 154 valence electrons. The number of carbonyl (C=O) groups is 4. The van der Waals surface area contributed by atoms with Crippen molar-refractivity contribution in [1.29, 1.82) is 0 Å². The van der Waals surface area contributed by atoms with Gasteiger partial charge in [-0.2, -0.15) is 0 Å². The standard InChI is InChI=1S/C22H26N2O5/c1-12-9-10-18(13(2)11-12)23-19(25)15(4)29-22(28)14(3)24-20(26)16-7-5-6-8-17(16)21(24)27/h5-6,9-11,14-17H,7-8H2,1-4H3,(H,23,25)/t14-,15-,16-,17-/m0/s1. The molecule has 1 aliphatic heterocycles. The van der Waals surface area contributed by atoms with E-state index in [0.717, 1.165) is 16.0 Å². The summed E-state index contributed by atoms with van der Waals surface area (Å²) in [6, 6.07) is 4.53. The highest BCUT2D eigenvalue weighted by atomic mass is 16.5. The number of esters is 1. The molecule has 7 heteroatoms. The molecule has 0 radical (unpaired) electrons. The zero-order chi connectivity index (χ0) is 21.3. The van der Waals surface area contributed by atoms with Gasteiger partial charge in [0.25, 0.3) is 5.91 Å². The van der Waals surface area contributed by atoms with Gasteiger partial charge < -0.3 is 10.1 Å². The van der Waals surface area contributed by atoms with E-state index in [1.165, 1.54) is 13.8 Å². The Bertz CT molecular complexity index is 865. The van der Waals surface area contributed by atoms with E-state index in [-0.39, 0.29) is 11.8 Å². The molecular weight excluding hydrogens is 372 g/mol. The van der Waals surface area contributed by atoms with Gasteiger partial charge in [-0.15, -0.1) is 0 Å². The molecule has 0 bridgehead atoms. The molecule has 1 N–H and O–H groups in total. The third-order valence-electron chi connectivity index (χ3n) is 5.57. The first kappa shape index (κ1) is 20.8. The highest BCUT2D eigenvalue weighted by Crippen LogP contribution is 2.36. The number of fused-ring (bicyclic) bond motifs is 1. The van der Waals surface area contributed by atoms with Crippen LogP contribution < -0.4 is 5.32 Å². The first-order valence-electron chi connectivity index (χ1n) is 9.81. The maximum atomic E-state index is 12.6. The van der Waals surface area contributed by atoms with Crippen molar-refractivity contribution in [1.82, 2.24) is 4.90 Å². The first-order chi connectivity index (χ1) is 13.7. The lowest BCUT2D eigenvalue weighted by Crippen LogP contribution is -2.46. The predicted molar refractivity (Wildman–Crippen MR) is 107 cm³/mol. The summed E-state index contributed by atoms with van der Waals surface area (Å²) in [6.45, 7) is 6.75. The monoisotopic (exact) mass is 398 g/mol. The number of ether oxygens (including phenoxy) is 1. The maximum Gasteiger partial charge on any atom is 0.329 e. The predicted octanol–water partition coefficient (Wildman–Crippen LogP) is 2.51. The summed E-state index contributed by atoms with van der Waals surface area (Å²) >= 11 is 0. The lowest BCUT2D eigenvalue weighted by atomic mass is 9.85. The number of hydrogen-bond acceptors (Lipinski definition) is 5. The summed E-state index contributed by atoms with van der Waals surface area (Å²) in [5.41, 5.74) is 2.61. The Morgan fingerprint density at radius 2 is 1.66 bits per heavy atom. The number of allylic oxidation sites excluding steroid dienone is 2. The number of rotatable bonds is 5. The summed E-state index contributed by atoms with van der Waals surface area (Å²) in [5.74, 6) is -2.76. The van der Waals surface area contributed by atoms with Crippen molar-refractivity contribution >= 4 is 29.4 Å². The van der Waals surface area contributed by atoms with E-state index in [1.807, 2.05) is 38.1 Å². The smallest absolute Gasteiger partial charge is 0.329 e. The number of benzene rings is 1. The van der Waals surface area contributed by atoms with E-state index in [9.17, 15) is 19.2 Å². The lowest BCUT2D eigenvalue weighted by Gasteiger charge is -2.23. The zero-order valence-electron chi connectivity index (χ0n) is 17.1. The molecule has 29 heavy (non-hydrogen) atoms. The summed E-state index contributed by atoms with van der Waals surface area (Å²) in [5, 5.41) is 2.74. The Hall–Kier alpha value is -2.96. The van der Waals surface area contributed by atoms with E-state index in [0.29, 0.717) is 18.5 Å². The van der Waals surface area contributed by atoms with Crippen molar-refractivity contribution in [3.63, 3.8) is 0 Å². The molecule has 1 aromatic rings. The van der Waals surface area contributed by atoms with Crippen molar-refractivity contribution < 1.29 is 23.9 Å². The van der Waals surface area contributed by atoms with Crippen molar-refractivity contribution in [2.24, 2.45) is 11.8 Å². The van der Waals surface area contributed by atoms with Crippen molar-refractivity contribution in [2.75, 3.05) is 5.32 Å². The van der Waals surface area contributed by atoms with Crippen LogP contribution in [0.5, 0.6) is 0 Å². The van der Waals surface area contributed by atoms with Crippen LogP contribution in [0.25, 0.3) is 0 Å². The number of amides is 3. The van der Waals surface area contributed by atoms with Crippen LogP contribution in [0.3, 0.4) is 0 Å². The minimum Gasteiger partial charge on any atom is -0.451 e. The van der Waals surface area contributed by atoms with Crippen molar-refractivity contribution in [3.05, 3.63) is 41.5 Å². The van der Waals surface area contributed by atoms with Crippen LogP contribution in [0, 0.1) is 25.7 Å². The summed E-state index contributed by atoms with van der Waals surface area (Å²) in [4.78, 5) is 51.2. The van der Waals surface area contributed by atoms with Gasteiger partial charge in [0, 0.05) is 5.69 Å². The third-order valence-corrected chi connectivity index (χ3v) is 5.57. The van der Waals surface area contributed by atoms with Crippen LogP contribution in [-0.4, -0.2) is 40.7 Å². The molecular formula is C22H26N2O5. The van der Waals surface area contributed by atoms with Gasteiger partial charge in [-0.1, -0.05) is 29.8 Å². The maximum absolute atomic E-state index is 12.6. The number of likely N-dealkylation sites (tertiary alicyclic amines) is 1. The number of imide groups is 1. The SMILES string of the molecule is Cc1ccc(NC(=O)[C@H](C)OC(=O)[C@H](C)N2C(=O)[C@H]3CC=CC[C@@H]3C2=O)c(C)c1. The summed E-state index contributed by atoms with van der Waals surface area (Å²) < 4.78 is 5.26. The van der Waals surface area contributed by atoms with Gasteiger partial charge in [-0.05, 0) is 52.2 Å². The molecule has 0 saturated carbocycles. The second kappa shape index (κ2) is 8.19. The Morgan fingerprint density at radius 3 is 2.21 bits per heavy atom. The van der Waals surface area contributed by atoms with Crippen LogP contribution in [0.2, 0.25) is 0 Å². The average Bonchev–Trinajstić information content (AvgIpc) is 2.94. The Balaban J connectivity index is 1.62. The topological polar surface area (TPSA) is 92.8 Å². The summed E-state index contributed by atoms with van der Waals surface area (Å²) in [7, 11) is 0. The Morgan fingerprint density at radius 1 is 1.07 bits per heavy atom. The molecule has 3 rings (SSSR count). The molecule has 1 aromatic carbocycles. The second-order valence-corrected chi connectivity index (χ2v) is 7.76. The van der Waals surface area contributed by atoms with Crippen LogP contribution in [0.15, 0.2) is 30.4 Å². The Labute approximate surface area is 170 Å². The number of nitrogens with zero attached hydrogens (tertiary/aromatic N) is 1. The van der Waals surface area contributed by atoms with Crippen LogP contribution in [0.4, 0.5) is 5.69 Å². The summed E-state index contributed by atoms with van der Waals surface area (Å²) in [6.07, 6.45) is 3.71. The molecule has 4 atom stereocenters. The molecule has 1 aliphatic carbocycles. The van der Waals surface area contributed by atoms with E-state index < -0.39 is 35.9 Å². The Kier molecular flexibility index (Phi) is 5.86. The largest absolute Gasteiger partial charge is 0.451 e. The van der Waals surface area contributed by atoms with Gasteiger partial charge in [0.1, 0.15) is 6.04 Å². The van der Waals surface area contributed by atoms with Gasteiger partial charge in [0.15, 0.2) is 6.10 Å². The van der Waals surface area contributed by atoms with Crippen molar-refractivity contribution in [3.8, 4) is 0 Å². The van der Waals surface area contributed by atoms with E-state index in [1.54, 1.807) is 6.07 Å². The first-order valence-corrected chi connectivity index (χ1v) is 9.81. The van der Waals surface area contributed by atoms with Crippen molar-refractivity contribution in [2.45, 2.75) is 52.7 Å². The van der Waals surface area contributed by atoms with E-state index in [4.69, 9.17) is 4.74 Å². The third kappa shape index (κ3) is 4.09. The second-order valence-electron chi connectivity index (χ2n) is 7.76. The lowest BCUT2D eigenvalue weighted by molar-refractivity contribution is -0.163. The number of hydrogen-bond donors (Lipinski definition) is 1. The van der Waals surface area contributed by atoms with Crippen LogP contribution in [-0.2, 0) is 23.9 Å². The fraction of sp³-hybridized carbons (Fsp3) is 0.455. The molecule has 1 saturated heterocycles. The molecule has 7 nitrogen and oxygen atoms in total. The highest BCUT2D eigenvalue weighted by Gasteiger charge is 2.50. The fourth-order valence-corrected chi connectivity index (χ4v) is 3.83. The molecule has 1 fully saturated rings. The molecule has 0 aromatic heterocycles. The normalized spacial score (nSPS) is 22.8. The molecule has 0 unspecified atom stereocenters. The van der Waals surface area contributed by atoms with Crippen LogP contribution >= 0.6 is 0 Å². The van der Waals surface area contributed by atoms with E-state index in [2.05, 4.69) is 5.32 Å². The number of nitrogens with one attached hydrogen (secondary N) is 1. The average molecular weight is 398 g/mol. The minimum atomic E-state index is -1.07. The quantitative estimate of drug-likeness (QED) is 0.467. The molecule has 2 aliphatic rings. The van der Waals surface area contributed by atoms with Gasteiger partial charge in [0.2, 0.25) is 11.8 Å².